The van der Waals surface area contributed by atoms with Gasteiger partial charge in [-0.3, -0.25) is 4.79 Å². The zero-order valence-electron chi connectivity index (χ0n) is 10.8. The number of carbonyl (C=O) groups is 1. The van der Waals surface area contributed by atoms with Gasteiger partial charge in [0.15, 0.2) is 0 Å². The number of aryl methyl sites for hydroxylation is 1. The minimum atomic E-state index is -0.803. The molecule has 3 N–H and O–H groups in total. The van der Waals surface area contributed by atoms with Gasteiger partial charge < -0.3 is 15.6 Å². The topological polar surface area (TPSA) is 72.5 Å². The van der Waals surface area contributed by atoms with E-state index in [4.69, 9.17) is 15.6 Å². The second-order valence-electron chi connectivity index (χ2n) is 5.04. The van der Waals surface area contributed by atoms with E-state index in [1.165, 1.54) is 5.56 Å². The van der Waals surface area contributed by atoms with Crippen molar-refractivity contribution in [2.75, 3.05) is 7.11 Å². The molecule has 2 atom stereocenters. The summed E-state index contributed by atoms with van der Waals surface area (Å²) in [6, 6.07) is 5.67. The van der Waals surface area contributed by atoms with Gasteiger partial charge in [-0.25, -0.2) is 0 Å². The summed E-state index contributed by atoms with van der Waals surface area (Å²) < 4.78 is 5.23. The molecule has 0 aliphatic heterocycles. The summed E-state index contributed by atoms with van der Waals surface area (Å²) in [7, 11) is 1.61. The lowest BCUT2D eigenvalue weighted by molar-refractivity contribution is -0.138. The van der Waals surface area contributed by atoms with Crippen LogP contribution in [0.15, 0.2) is 18.2 Å². The van der Waals surface area contributed by atoms with Gasteiger partial charge in [-0.15, -0.1) is 0 Å². The van der Waals surface area contributed by atoms with Crippen LogP contribution in [0.4, 0.5) is 0 Å². The van der Waals surface area contributed by atoms with Gasteiger partial charge in [-0.1, -0.05) is 6.07 Å². The van der Waals surface area contributed by atoms with E-state index < -0.39 is 11.4 Å². The Labute approximate surface area is 107 Å². The molecule has 18 heavy (non-hydrogen) atoms. The van der Waals surface area contributed by atoms with E-state index in [1.54, 1.807) is 7.11 Å². The first kappa shape index (κ1) is 12.9. The Morgan fingerprint density at radius 1 is 1.61 bits per heavy atom. The molecule has 2 rings (SSSR count). The highest BCUT2D eigenvalue weighted by molar-refractivity contribution is 5.70. The van der Waals surface area contributed by atoms with Crippen molar-refractivity contribution in [1.29, 1.82) is 0 Å². The number of fused-ring (bicyclic) bond motifs is 1. The van der Waals surface area contributed by atoms with Crippen LogP contribution in [0, 0.1) is 0 Å². The number of rotatable bonds is 4. The van der Waals surface area contributed by atoms with Crippen molar-refractivity contribution in [2.24, 2.45) is 5.73 Å². The number of hydrogen-bond donors (Lipinski definition) is 2. The number of aliphatic carboxylic acids is 1. The summed E-state index contributed by atoms with van der Waals surface area (Å²) >= 11 is 0. The first-order chi connectivity index (χ1) is 8.49. The van der Waals surface area contributed by atoms with Crippen LogP contribution in [0.25, 0.3) is 0 Å². The highest BCUT2D eigenvalue weighted by Gasteiger charge is 2.43. The summed E-state index contributed by atoms with van der Waals surface area (Å²) in [5.74, 6) is -0.0472. The molecule has 0 aromatic heterocycles. The first-order valence-corrected chi connectivity index (χ1v) is 6.14. The molecule has 1 aliphatic carbocycles. The maximum absolute atomic E-state index is 11.1. The van der Waals surface area contributed by atoms with Crippen LogP contribution in [0.1, 0.15) is 30.9 Å². The van der Waals surface area contributed by atoms with Crippen LogP contribution in [0.5, 0.6) is 5.75 Å². The molecule has 1 aromatic rings. The van der Waals surface area contributed by atoms with Crippen molar-refractivity contribution < 1.29 is 14.6 Å². The predicted octanol–water partition coefficient (Wildman–Crippen LogP) is 1.70. The van der Waals surface area contributed by atoms with E-state index in [9.17, 15) is 4.79 Å². The number of nitrogens with two attached hydrogens (primary N) is 1. The number of carboxylic acids is 1. The van der Waals surface area contributed by atoms with Gasteiger partial charge >= 0.3 is 5.97 Å². The molecule has 1 aromatic carbocycles. The number of ether oxygens (including phenoxy) is 1. The molecule has 4 nitrogen and oxygen atoms in total. The normalized spacial score (nSPS) is 23.5. The van der Waals surface area contributed by atoms with Crippen molar-refractivity contribution in [2.45, 2.75) is 37.6 Å². The van der Waals surface area contributed by atoms with Gasteiger partial charge in [0.05, 0.1) is 13.5 Å². The summed E-state index contributed by atoms with van der Waals surface area (Å²) in [4.78, 5) is 11.1. The number of hydrogen-bond acceptors (Lipinski definition) is 3. The van der Waals surface area contributed by atoms with Gasteiger partial charge in [-0.05, 0) is 43.0 Å². The molecule has 0 saturated carbocycles. The zero-order chi connectivity index (χ0) is 13.3. The Kier molecular flexibility index (Phi) is 3.30. The highest BCUT2D eigenvalue weighted by Crippen LogP contribution is 2.44. The standard InChI is InChI=1S/C14H19NO3/c1-9(15)14(8-13(16)17)6-5-10-3-4-11(18-2)7-12(10)14/h3-4,7,9H,5-6,8,15H2,1-2H3,(H,16,17). The number of benzene rings is 1. The Morgan fingerprint density at radius 2 is 2.33 bits per heavy atom. The fourth-order valence-electron chi connectivity index (χ4n) is 2.94. The molecule has 0 spiro atoms. The molecule has 0 heterocycles. The van der Waals surface area contributed by atoms with Gasteiger partial charge in [0, 0.05) is 11.5 Å². The summed E-state index contributed by atoms with van der Waals surface area (Å²) in [6.45, 7) is 1.89. The highest BCUT2D eigenvalue weighted by atomic mass is 16.5. The van der Waals surface area contributed by atoms with Crippen LogP contribution in [-0.4, -0.2) is 24.2 Å². The van der Waals surface area contributed by atoms with Gasteiger partial charge in [-0.2, -0.15) is 0 Å². The minimum absolute atomic E-state index is 0.0742. The summed E-state index contributed by atoms with van der Waals surface area (Å²) in [5, 5.41) is 9.15. The smallest absolute Gasteiger partial charge is 0.304 e. The molecular weight excluding hydrogens is 230 g/mol. The van der Waals surface area contributed by atoms with Gasteiger partial charge in [0.1, 0.15) is 5.75 Å². The molecule has 0 bridgehead atoms. The summed E-state index contributed by atoms with van der Waals surface area (Å²) in [5.41, 5.74) is 7.85. The van der Waals surface area contributed by atoms with Crippen LogP contribution in [0.2, 0.25) is 0 Å². The third-order valence-corrected chi connectivity index (χ3v) is 4.03. The van der Waals surface area contributed by atoms with Crippen LogP contribution < -0.4 is 10.5 Å². The molecule has 0 fully saturated rings. The van der Waals surface area contributed by atoms with Crippen LogP contribution in [-0.2, 0) is 16.6 Å². The van der Waals surface area contributed by atoms with E-state index in [1.807, 2.05) is 25.1 Å². The average Bonchev–Trinajstić information content (AvgIpc) is 2.68. The fourth-order valence-corrected chi connectivity index (χ4v) is 2.94. The minimum Gasteiger partial charge on any atom is -0.497 e. The van der Waals surface area contributed by atoms with Crippen molar-refractivity contribution in [1.82, 2.24) is 0 Å². The zero-order valence-corrected chi connectivity index (χ0v) is 10.8. The Balaban J connectivity index is 2.50. The molecule has 0 radical (unpaired) electrons. The molecule has 2 unspecified atom stereocenters. The van der Waals surface area contributed by atoms with E-state index in [-0.39, 0.29) is 12.5 Å². The Morgan fingerprint density at radius 3 is 2.89 bits per heavy atom. The molecular formula is C14H19NO3. The van der Waals surface area contributed by atoms with E-state index >= 15 is 0 Å². The number of methoxy groups -OCH3 is 1. The lowest BCUT2D eigenvalue weighted by atomic mass is 9.73. The van der Waals surface area contributed by atoms with Crippen molar-refractivity contribution in [3.8, 4) is 5.75 Å². The lowest BCUT2D eigenvalue weighted by Gasteiger charge is -2.33. The van der Waals surface area contributed by atoms with E-state index in [0.29, 0.717) is 0 Å². The second-order valence-corrected chi connectivity index (χ2v) is 5.04. The average molecular weight is 249 g/mol. The Bertz CT molecular complexity index is 470. The van der Waals surface area contributed by atoms with E-state index in [0.717, 1.165) is 24.2 Å². The van der Waals surface area contributed by atoms with Crippen LogP contribution in [0.3, 0.4) is 0 Å². The third-order valence-electron chi connectivity index (χ3n) is 4.03. The first-order valence-electron chi connectivity index (χ1n) is 6.14. The van der Waals surface area contributed by atoms with Crippen molar-refractivity contribution >= 4 is 5.97 Å². The number of carboxylic acid groups (broad SMARTS) is 1. The quantitative estimate of drug-likeness (QED) is 0.852. The molecule has 4 heteroatoms. The molecule has 1 aliphatic rings. The fraction of sp³-hybridized carbons (Fsp3) is 0.500. The largest absolute Gasteiger partial charge is 0.497 e. The summed E-state index contributed by atoms with van der Waals surface area (Å²) in [6.07, 6.45) is 1.75. The molecule has 0 amide bonds. The van der Waals surface area contributed by atoms with E-state index in [2.05, 4.69) is 0 Å². The monoisotopic (exact) mass is 249 g/mol. The lowest BCUT2D eigenvalue weighted by Crippen LogP contribution is -2.43. The molecule has 0 saturated heterocycles. The van der Waals surface area contributed by atoms with Crippen LogP contribution >= 0.6 is 0 Å². The van der Waals surface area contributed by atoms with Crippen molar-refractivity contribution in [3.05, 3.63) is 29.3 Å². The third kappa shape index (κ3) is 1.97. The Hall–Kier alpha value is -1.55. The maximum atomic E-state index is 11.1. The SMILES string of the molecule is COc1ccc2c(c1)C(CC(=O)O)(C(C)N)CC2. The second kappa shape index (κ2) is 4.61. The van der Waals surface area contributed by atoms with Crippen molar-refractivity contribution in [3.63, 3.8) is 0 Å². The van der Waals surface area contributed by atoms with Gasteiger partial charge in [0.2, 0.25) is 0 Å². The van der Waals surface area contributed by atoms with Gasteiger partial charge in [0.25, 0.3) is 0 Å². The predicted molar refractivity (Wildman–Crippen MR) is 68.9 cm³/mol. The maximum Gasteiger partial charge on any atom is 0.304 e. The molecule has 98 valence electrons.